The van der Waals surface area contributed by atoms with Crippen molar-refractivity contribution < 1.29 is 13.9 Å². The van der Waals surface area contributed by atoms with Gasteiger partial charge in [0, 0.05) is 12.6 Å². The Labute approximate surface area is 137 Å². The Kier molecular flexibility index (Phi) is 4.63. The molecule has 7 nitrogen and oxygen atoms in total. The number of nitrogens with one attached hydrogen (secondary N) is 1. The maximum absolute atomic E-state index is 14.6. The van der Waals surface area contributed by atoms with E-state index in [0.717, 1.165) is 0 Å². The lowest BCUT2D eigenvalue weighted by molar-refractivity contribution is 0.0833. The van der Waals surface area contributed by atoms with Crippen molar-refractivity contribution in [1.82, 2.24) is 20.6 Å². The number of halogens is 2. The largest absolute Gasteiger partial charge is 0.489 e. The summed E-state index contributed by atoms with van der Waals surface area (Å²) >= 11 is 5.98. The van der Waals surface area contributed by atoms with Gasteiger partial charge in [0.15, 0.2) is 5.82 Å². The summed E-state index contributed by atoms with van der Waals surface area (Å²) in [5.41, 5.74) is 0.761. The van der Waals surface area contributed by atoms with Crippen LogP contribution in [0.15, 0.2) is 6.07 Å². The molecule has 1 aliphatic rings. The van der Waals surface area contributed by atoms with Gasteiger partial charge in [-0.05, 0) is 19.1 Å². The summed E-state index contributed by atoms with van der Waals surface area (Å²) in [5.74, 6) is 0.0561. The molecular weight excluding hydrogens is 325 g/mol. The van der Waals surface area contributed by atoms with Gasteiger partial charge in [0.2, 0.25) is 5.82 Å². The maximum Gasteiger partial charge on any atom is 0.209 e. The van der Waals surface area contributed by atoms with Crippen LogP contribution in [-0.4, -0.2) is 53.0 Å². The monoisotopic (exact) mass is 341 g/mol. The molecule has 2 aromatic rings. The fourth-order valence-electron chi connectivity index (χ4n) is 2.49. The Balaban J connectivity index is 2.01. The topological polar surface area (TPSA) is 76.2 Å². The van der Waals surface area contributed by atoms with Crippen LogP contribution >= 0.6 is 11.6 Å². The second-order valence-corrected chi connectivity index (χ2v) is 5.79. The fourth-order valence-corrected chi connectivity index (χ4v) is 2.68. The molecule has 2 heterocycles. The summed E-state index contributed by atoms with van der Waals surface area (Å²) in [6, 6.07) is 1.48. The molecule has 0 amide bonds. The lowest BCUT2D eigenvalue weighted by Crippen LogP contribution is -2.36. The SMILES string of the molecule is CC(C)OCCN1CCOc2cc(Cl)c(F)c(-c3nn[nH]n3)c21. The van der Waals surface area contributed by atoms with Gasteiger partial charge in [0.1, 0.15) is 12.4 Å². The van der Waals surface area contributed by atoms with Crippen molar-refractivity contribution in [2.75, 3.05) is 31.2 Å². The summed E-state index contributed by atoms with van der Waals surface area (Å²) < 4.78 is 25.8. The number of H-pyrrole nitrogens is 1. The summed E-state index contributed by atoms with van der Waals surface area (Å²) in [6.45, 7) is 6.16. The van der Waals surface area contributed by atoms with E-state index in [0.29, 0.717) is 37.7 Å². The molecule has 124 valence electrons. The lowest BCUT2D eigenvalue weighted by Gasteiger charge is -2.33. The predicted octanol–water partition coefficient (Wildman–Crippen LogP) is 2.28. The molecule has 0 bridgehead atoms. The highest BCUT2D eigenvalue weighted by Gasteiger charge is 2.29. The minimum Gasteiger partial charge on any atom is -0.489 e. The molecule has 1 aromatic carbocycles. The van der Waals surface area contributed by atoms with E-state index < -0.39 is 5.82 Å². The minimum atomic E-state index is -0.591. The highest BCUT2D eigenvalue weighted by molar-refractivity contribution is 6.31. The number of aromatic amines is 1. The van der Waals surface area contributed by atoms with Gasteiger partial charge in [-0.15, -0.1) is 10.2 Å². The summed E-state index contributed by atoms with van der Waals surface area (Å²) in [7, 11) is 0. The van der Waals surface area contributed by atoms with Crippen molar-refractivity contribution in [3.05, 3.63) is 16.9 Å². The second-order valence-electron chi connectivity index (χ2n) is 5.38. The van der Waals surface area contributed by atoms with E-state index >= 15 is 0 Å². The van der Waals surface area contributed by atoms with Gasteiger partial charge in [0.25, 0.3) is 0 Å². The van der Waals surface area contributed by atoms with Gasteiger partial charge in [0.05, 0.1) is 35.5 Å². The first-order valence-corrected chi connectivity index (χ1v) is 7.71. The first kappa shape index (κ1) is 15.9. The van der Waals surface area contributed by atoms with Crippen LogP contribution in [0.3, 0.4) is 0 Å². The number of anilines is 1. The lowest BCUT2D eigenvalue weighted by atomic mass is 10.1. The number of tetrazole rings is 1. The molecule has 1 N–H and O–H groups in total. The molecule has 0 unspecified atom stereocenters. The summed E-state index contributed by atoms with van der Waals surface area (Å²) in [5, 5.41) is 13.6. The number of benzene rings is 1. The van der Waals surface area contributed by atoms with E-state index in [2.05, 4.69) is 20.6 Å². The molecule has 0 fully saturated rings. The predicted molar refractivity (Wildman–Crippen MR) is 83.4 cm³/mol. The number of aromatic nitrogens is 4. The van der Waals surface area contributed by atoms with E-state index in [1.807, 2.05) is 18.7 Å². The van der Waals surface area contributed by atoms with E-state index in [1.54, 1.807) is 0 Å². The highest BCUT2D eigenvalue weighted by atomic mass is 35.5. The average Bonchev–Trinajstić information content (AvgIpc) is 3.02. The fraction of sp³-hybridized carbons (Fsp3) is 0.500. The van der Waals surface area contributed by atoms with E-state index in [-0.39, 0.29) is 22.5 Å². The first-order valence-electron chi connectivity index (χ1n) is 7.33. The molecule has 0 atom stereocenters. The van der Waals surface area contributed by atoms with E-state index in [4.69, 9.17) is 21.1 Å². The van der Waals surface area contributed by atoms with Crippen molar-refractivity contribution in [3.8, 4) is 17.1 Å². The third kappa shape index (κ3) is 3.23. The van der Waals surface area contributed by atoms with Crippen molar-refractivity contribution in [2.45, 2.75) is 20.0 Å². The number of fused-ring (bicyclic) bond motifs is 1. The normalized spacial score (nSPS) is 14.0. The number of rotatable bonds is 5. The Morgan fingerprint density at radius 1 is 1.52 bits per heavy atom. The zero-order chi connectivity index (χ0) is 16.4. The standard InChI is InChI=1S/C14H17ClFN5O2/c1-8(2)22-5-3-21-4-6-23-10-7-9(15)12(16)11(13(10)21)14-17-19-20-18-14/h7-8H,3-6H2,1-2H3,(H,17,18,19,20). The van der Waals surface area contributed by atoms with Crippen LogP contribution in [0.2, 0.25) is 5.02 Å². The van der Waals surface area contributed by atoms with Crippen LogP contribution in [-0.2, 0) is 4.74 Å². The van der Waals surface area contributed by atoms with Crippen LogP contribution in [0.25, 0.3) is 11.4 Å². The number of nitrogens with zero attached hydrogens (tertiary/aromatic N) is 4. The van der Waals surface area contributed by atoms with Gasteiger partial charge in [-0.2, -0.15) is 5.21 Å². The van der Waals surface area contributed by atoms with Crippen molar-refractivity contribution >= 4 is 17.3 Å². The average molecular weight is 342 g/mol. The molecule has 9 heteroatoms. The Hall–Kier alpha value is -1.93. The number of hydrogen-bond donors (Lipinski definition) is 1. The highest BCUT2D eigenvalue weighted by Crippen LogP contribution is 2.44. The minimum absolute atomic E-state index is 0.0381. The molecule has 0 saturated carbocycles. The second kappa shape index (κ2) is 6.67. The van der Waals surface area contributed by atoms with Crippen LogP contribution < -0.4 is 9.64 Å². The number of hydrogen-bond acceptors (Lipinski definition) is 6. The molecule has 1 aliphatic heterocycles. The molecule has 1 aromatic heterocycles. The van der Waals surface area contributed by atoms with Gasteiger partial charge >= 0.3 is 0 Å². The summed E-state index contributed by atoms with van der Waals surface area (Å²) in [4.78, 5) is 1.99. The molecule has 23 heavy (non-hydrogen) atoms. The molecule has 0 saturated heterocycles. The molecular formula is C14H17ClFN5O2. The molecule has 0 spiro atoms. The smallest absolute Gasteiger partial charge is 0.209 e. The molecule has 0 aliphatic carbocycles. The zero-order valence-electron chi connectivity index (χ0n) is 12.8. The molecule has 3 rings (SSSR count). The maximum atomic E-state index is 14.6. The van der Waals surface area contributed by atoms with Crippen LogP contribution in [0.1, 0.15) is 13.8 Å². The quantitative estimate of drug-likeness (QED) is 0.899. The van der Waals surface area contributed by atoms with Gasteiger partial charge in [-0.25, -0.2) is 4.39 Å². The van der Waals surface area contributed by atoms with Crippen LogP contribution in [0.5, 0.6) is 5.75 Å². The van der Waals surface area contributed by atoms with E-state index in [9.17, 15) is 4.39 Å². The van der Waals surface area contributed by atoms with Crippen LogP contribution in [0.4, 0.5) is 10.1 Å². The third-order valence-corrected chi connectivity index (χ3v) is 3.75. The first-order chi connectivity index (χ1) is 11.1. The van der Waals surface area contributed by atoms with Crippen molar-refractivity contribution in [3.63, 3.8) is 0 Å². The van der Waals surface area contributed by atoms with Crippen LogP contribution in [0, 0.1) is 5.82 Å². The van der Waals surface area contributed by atoms with E-state index in [1.165, 1.54) is 6.07 Å². The Bertz CT molecular complexity index is 680. The summed E-state index contributed by atoms with van der Waals surface area (Å²) in [6.07, 6.45) is 0.133. The Morgan fingerprint density at radius 3 is 3.04 bits per heavy atom. The molecule has 0 radical (unpaired) electrons. The Morgan fingerprint density at radius 2 is 2.35 bits per heavy atom. The zero-order valence-corrected chi connectivity index (χ0v) is 13.6. The van der Waals surface area contributed by atoms with Gasteiger partial charge in [-0.1, -0.05) is 11.6 Å². The van der Waals surface area contributed by atoms with Crippen molar-refractivity contribution in [1.29, 1.82) is 0 Å². The van der Waals surface area contributed by atoms with Gasteiger partial charge < -0.3 is 14.4 Å². The third-order valence-electron chi connectivity index (χ3n) is 3.47. The number of ether oxygens (including phenoxy) is 2. The van der Waals surface area contributed by atoms with Crippen molar-refractivity contribution in [2.24, 2.45) is 0 Å². The van der Waals surface area contributed by atoms with Gasteiger partial charge in [-0.3, -0.25) is 0 Å².